The summed E-state index contributed by atoms with van der Waals surface area (Å²) in [5.41, 5.74) is 8.47. The zero-order valence-electron chi connectivity index (χ0n) is 19.5. The number of hydrogen-bond donors (Lipinski definition) is 2. The molecule has 0 bridgehead atoms. The average molecular weight is 500 g/mol. The van der Waals surface area contributed by atoms with Gasteiger partial charge in [-0.2, -0.15) is 4.31 Å². The summed E-state index contributed by atoms with van der Waals surface area (Å²) in [6.07, 6.45) is 5.37. The minimum atomic E-state index is -3.36. The van der Waals surface area contributed by atoms with Crippen LogP contribution in [0.1, 0.15) is 29.8 Å². The largest absolute Gasteiger partial charge is 0.502 e. The number of aryl methyl sites for hydroxylation is 2. The molecule has 0 saturated carbocycles. The second kappa shape index (κ2) is 11.8. The van der Waals surface area contributed by atoms with Gasteiger partial charge < -0.3 is 10.8 Å². The monoisotopic (exact) mass is 499 g/mol. The molecule has 0 unspecified atom stereocenters. The van der Waals surface area contributed by atoms with Crippen LogP contribution in [0.15, 0.2) is 54.7 Å². The Morgan fingerprint density at radius 1 is 1.09 bits per heavy atom. The van der Waals surface area contributed by atoms with E-state index in [2.05, 4.69) is 9.97 Å². The zero-order chi connectivity index (χ0) is 25.4. The third-order valence-corrected chi connectivity index (χ3v) is 6.72. The van der Waals surface area contributed by atoms with Gasteiger partial charge in [0, 0.05) is 37.3 Å². The van der Waals surface area contributed by atoms with Crippen molar-refractivity contribution in [2.24, 2.45) is 5.73 Å². The van der Waals surface area contributed by atoms with Crippen molar-refractivity contribution in [2.45, 2.75) is 32.2 Å². The zero-order valence-corrected chi connectivity index (χ0v) is 20.3. The number of nitrogens with zero attached hydrogens (tertiary/aromatic N) is 4. The molecule has 1 aromatic heterocycles. The van der Waals surface area contributed by atoms with Gasteiger partial charge in [-0.05, 0) is 55.1 Å². The molecule has 0 fully saturated rings. The maximum atomic E-state index is 12.1. The highest BCUT2D eigenvalue weighted by atomic mass is 32.2. The number of rotatable bonds is 12. The quantitative estimate of drug-likeness (QED) is 0.285. The van der Waals surface area contributed by atoms with E-state index in [1.54, 1.807) is 18.3 Å². The van der Waals surface area contributed by atoms with Crippen LogP contribution in [0.25, 0.3) is 11.3 Å². The number of nitro benzene ring substituents is 1. The molecule has 1 heterocycles. The van der Waals surface area contributed by atoms with Crippen molar-refractivity contribution in [3.8, 4) is 17.0 Å². The van der Waals surface area contributed by atoms with Crippen molar-refractivity contribution in [3.05, 3.63) is 81.8 Å². The summed E-state index contributed by atoms with van der Waals surface area (Å²) < 4.78 is 25.7. The van der Waals surface area contributed by atoms with Gasteiger partial charge in [-0.3, -0.25) is 10.1 Å². The first-order valence-electron chi connectivity index (χ1n) is 11.2. The minimum absolute atomic E-state index is 0.257. The van der Waals surface area contributed by atoms with Crippen molar-refractivity contribution >= 4 is 15.7 Å². The molecule has 0 aliphatic rings. The topological polar surface area (TPSA) is 153 Å². The van der Waals surface area contributed by atoms with Gasteiger partial charge in [0.2, 0.25) is 10.0 Å². The van der Waals surface area contributed by atoms with E-state index in [1.807, 2.05) is 24.3 Å². The molecule has 11 heteroatoms. The second-order valence-electron chi connectivity index (χ2n) is 8.23. The molecular weight excluding hydrogens is 470 g/mol. The summed E-state index contributed by atoms with van der Waals surface area (Å²) in [4.78, 5) is 19.2. The summed E-state index contributed by atoms with van der Waals surface area (Å²) in [5.74, 6) is 0.308. The fraction of sp³-hybridized carbons (Fsp3) is 0.333. The highest BCUT2D eigenvalue weighted by Crippen LogP contribution is 2.27. The lowest BCUT2D eigenvalue weighted by Gasteiger charge is -2.20. The smallest absolute Gasteiger partial charge is 0.310 e. The van der Waals surface area contributed by atoms with E-state index < -0.39 is 14.9 Å². The Hall–Kier alpha value is -3.41. The van der Waals surface area contributed by atoms with E-state index in [1.165, 1.54) is 22.7 Å². The molecule has 0 saturated heterocycles. The number of hydrogen-bond acceptors (Lipinski definition) is 8. The third-order valence-electron chi connectivity index (χ3n) is 5.47. The summed E-state index contributed by atoms with van der Waals surface area (Å²) >= 11 is 0. The van der Waals surface area contributed by atoms with Gasteiger partial charge in [0.25, 0.3) is 0 Å². The first-order valence-corrected chi connectivity index (χ1v) is 13.0. The number of sulfonamides is 1. The molecule has 0 spiro atoms. The fourth-order valence-corrected chi connectivity index (χ4v) is 4.52. The van der Waals surface area contributed by atoms with Crippen molar-refractivity contribution in [2.75, 3.05) is 19.3 Å². The number of phenols is 1. The van der Waals surface area contributed by atoms with Gasteiger partial charge in [0.05, 0.1) is 16.9 Å². The summed E-state index contributed by atoms with van der Waals surface area (Å²) in [7, 11) is -3.36. The molecule has 3 aromatic rings. The van der Waals surface area contributed by atoms with E-state index >= 15 is 0 Å². The Morgan fingerprint density at radius 2 is 1.89 bits per heavy atom. The van der Waals surface area contributed by atoms with Crippen molar-refractivity contribution in [1.29, 1.82) is 0 Å². The number of aromatic nitrogens is 2. The van der Waals surface area contributed by atoms with Crippen LogP contribution in [0.5, 0.6) is 5.75 Å². The lowest BCUT2D eigenvalue weighted by Crippen LogP contribution is -2.31. The van der Waals surface area contributed by atoms with Crippen molar-refractivity contribution < 1.29 is 18.4 Å². The van der Waals surface area contributed by atoms with Crippen LogP contribution in [-0.4, -0.2) is 52.1 Å². The summed E-state index contributed by atoms with van der Waals surface area (Å²) in [6.45, 7) is 1.04. The third kappa shape index (κ3) is 7.54. The number of phenolic OH excluding ortho intramolecular Hbond substituents is 1. The lowest BCUT2D eigenvalue weighted by atomic mass is 10.1. The van der Waals surface area contributed by atoms with E-state index in [0.717, 1.165) is 22.4 Å². The Morgan fingerprint density at radius 3 is 2.57 bits per heavy atom. The average Bonchev–Trinajstić information content (AvgIpc) is 2.81. The standard InChI is InChI=1S/C24H29N5O5S/c1-35(33,34)28(14-4-12-25)17-19-6-2-7-20(15-19)21-11-13-26-24(27-21)8-3-5-18-9-10-22(29(31)32)23(30)16-18/h2,6-7,9-11,13,15-16,30H,3-5,8,12,14,17,25H2,1H3. The summed E-state index contributed by atoms with van der Waals surface area (Å²) in [5, 5.41) is 20.6. The molecule has 0 aliphatic carbocycles. The van der Waals surface area contributed by atoms with Gasteiger partial charge in [-0.25, -0.2) is 18.4 Å². The molecule has 0 radical (unpaired) electrons. The number of aromatic hydroxyl groups is 1. The van der Waals surface area contributed by atoms with Gasteiger partial charge in [0.1, 0.15) is 5.82 Å². The maximum Gasteiger partial charge on any atom is 0.310 e. The molecular formula is C24H29N5O5S. The first kappa shape index (κ1) is 26.2. The van der Waals surface area contributed by atoms with Gasteiger partial charge >= 0.3 is 5.69 Å². The van der Waals surface area contributed by atoms with E-state index in [9.17, 15) is 23.6 Å². The number of benzene rings is 2. The van der Waals surface area contributed by atoms with Crippen LogP contribution in [-0.2, 0) is 29.4 Å². The van der Waals surface area contributed by atoms with Gasteiger partial charge in [0.15, 0.2) is 5.75 Å². The number of nitrogens with two attached hydrogens (primary N) is 1. The Bertz CT molecular complexity index is 1280. The van der Waals surface area contributed by atoms with Gasteiger partial charge in [-0.15, -0.1) is 0 Å². The van der Waals surface area contributed by atoms with E-state index in [-0.39, 0.29) is 18.0 Å². The Kier molecular flexibility index (Phi) is 8.85. The summed E-state index contributed by atoms with van der Waals surface area (Å²) in [6, 6.07) is 13.7. The molecule has 186 valence electrons. The molecule has 0 atom stereocenters. The number of nitro groups is 1. The molecule has 35 heavy (non-hydrogen) atoms. The Labute approximate surface area is 204 Å². The van der Waals surface area contributed by atoms with Crippen LogP contribution >= 0.6 is 0 Å². The fourth-order valence-electron chi connectivity index (χ4n) is 3.67. The predicted octanol–water partition coefficient (Wildman–Crippen LogP) is 3.04. The SMILES string of the molecule is CS(=O)(=O)N(CCCN)Cc1cccc(-c2ccnc(CCCc3ccc([N+](=O)[O-])c(O)c3)n2)c1. The minimum Gasteiger partial charge on any atom is -0.502 e. The molecule has 3 N–H and O–H groups in total. The molecule has 0 aliphatic heterocycles. The highest BCUT2D eigenvalue weighted by molar-refractivity contribution is 7.88. The molecule has 2 aromatic carbocycles. The molecule has 10 nitrogen and oxygen atoms in total. The van der Waals surface area contributed by atoms with Gasteiger partial charge in [-0.1, -0.05) is 24.3 Å². The van der Waals surface area contributed by atoms with Crippen LogP contribution in [0.3, 0.4) is 0 Å². The second-order valence-corrected chi connectivity index (χ2v) is 10.2. The van der Waals surface area contributed by atoms with Crippen LogP contribution in [0.4, 0.5) is 5.69 Å². The van der Waals surface area contributed by atoms with E-state index in [0.29, 0.717) is 44.6 Å². The predicted molar refractivity (Wildman–Crippen MR) is 133 cm³/mol. The molecule has 0 amide bonds. The van der Waals surface area contributed by atoms with Crippen LogP contribution < -0.4 is 5.73 Å². The highest BCUT2D eigenvalue weighted by Gasteiger charge is 2.17. The lowest BCUT2D eigenvalue weighted by molar-refractivity contribution is -0.385. The Balaban J connectivity index is 1.67. The maximum absolute atomic E-state index is 12.1. The van der Waals surface area contributed by atoms with E-state index in [4.69, 9.17) is 5.73 Å². The first-order chi connectivity index (χ1) is 16.7. The molecule has 3 rings (SSSR count). The van der Waals surface area contributed by atoms with Crippen molar-refractivity contribution in [3.63, 3.8) is 0 Å². The van der Waals surface area contributed by atoms with Crippen molar-refractivity contribution in [1.82, 2.24) is 14.3 Å². The normalized spacial score (nSPS) is 11.6. The van der Waals surface area contributed by atoms with Crippen LogP contribution in [0.2, 0.25) is 0 Å². The van der Waals surface area contributed by atoms with Crippen LogP contribution in [0, 0.1) is 10.1 Å².